The molecule has 0 unspecified atom stereocenters. The molecule has 4 saturated heterocycles. The van der Waals surface area contributed by atoms with E-state index in [2.05, 4.69) is 20.0 Å². The first kappa shape index (κ1) is 14.4. The molecule has 3 atom stereocenters. The van der Waals surface area contributed by atoms with Gasteiger partial charge in [0, 0.05) is 38.3 Å². The molecular formula is C16H30N4O. The quantitative estimate of drug-likeness (QED) is 0.802. The average Bonchev–Trinajstić information content (AvgIpc) is 3.27. The Kier molecular flexibility index (Phi) is 4.46. The Bertz CT molecular complexity index is 341. The summed E-state index contributed by atoms with van der Waals surface area (Å²) in [6.07, 6.45) is 6.07. The molecule has 0 aromatic heterocycles. The molecule has 1 N–H and O–H groups in total. The molecule has 120 valence electrons. The Balaban J connectivity index is 1.36. The van der Waals surface area contributed by atoms with Crippen LogP contribution in [-0.4, -0.2) is 92.0 Å². The summed E-state index contributed by atoms with van der Waals surface area (Å²) >= 11 is 0. The number of hydrogen-bond acceptors (Lipinski definition) is 5. The van der Waals surface area contributed by atoms with Gasteiger partial charge in [-0.25, -0.2) is 0 Å². The molecule has 0 spiro atoms. The van der Waals surface area contributed by atoms with Crippen molar-refractivity contribution in [1.82, 2.24) is 20.0 Å². The molecule has 4 rings (SSSR count). The van der Waals surface area contributed by atoms with E-state index in [-0.39, 0.29) is 0 Å². The van der Waals surface area contributed by atoms with E-state index in [1.165, 1.54) is 58.4 Å². The van der Waals surface area contributed by atoms with Crippen molar-refractivity contribution in [2.45, 2.75) is 43.9 Å². The van der Waals surface area contributed by atoms with Crippen LogP contribution < -0.4 is 5.32 Å². The molecule has 21 heavy (non-hydrogen) atoms. The fraction of sp³-hybridized carbons (Fsp3) is 1.00. The van der Waals surface area contributed by atoms with Crippen molar-refractivity contribution < 1.29 is 4.74 Å². The van der Waals surface area contributed by atoms with Crippen LogP contribution in [0.4, 0.5) is 0 Å². The second kappa shape index (κ2) is 6.50. The molecule has 0 aliphatic carbocycles. The summed E-state index contributed by atoms with van der Waals surface area (Å²) in [7, 11) is 0. The number of rotatable bonds is 3. The number of likely N-dealkylation sites (tertiary alicyclic amines) is 2. The second-order valence-electron chi connectivity index (χ2n) is 7.08. The van der Waals surface area contributed by atoms with E-state index in [4.69, 9.17) is 4.74 Å². The van der Waals surface area contributed by atoms with E-state index in [0.29, 0.717) is 12.2 Å². The number of hydrogen-bond donors (Lipinski definition) is 1. The van der Waals surface area contributed by atoms with Gasteiger partial charge in [-0.3, -0.25) is 14.7 Å². The Morgan fingerprint density at radius 1 is 0.810 bits per heavy atom. The lowest BCUT2D eigenvalue weighted by atomic mass is 10.1. The minimum Gasteiger partial charge on any atom is -0.379 e. The van der Waals surface area contributed by atoms with Crippen LogP contribution in [0.1, 0.15) is 25.7 Å². The van der Waals surface area contributed by atoms with Crippen LogP contribution in [0.25, 0.3) is 0 Å². The minimum absolute atomic E-state index is 0.579. The third-order valence-corrected chi connectivity index (χ3v) is 5.92. The summed E-state index contributed by atoms with van der Waals surface area (Å²) in [4.78, 5) is 8.13. The Hall–Kier alpha value is -0.200. The zero-order chi connectivity index (χ0) is 14.1. The lowest BCUT2D eigenvalue weighted by molar-refractivity contribution is -0.00191. The summed E-state index contributed by atoms with van der Waals surface area (Å²) < 4.78 is 5.52. The number of nitrogens with one attached hydrogen (secondary N) is 1. The van der Waals surface area contributed by atoms with Crippen molar-refractivity contribution in [2.75, 3.05) is 59.0 Å². The zero-order valence-corrected chi connectivity index (χ0v) is 13.2. The van der Waals surface area contributed by atoms with Crippen LogP contribution in [0.2, 0.25) is 0 Å². The van der Waals surface area contributed by atoms with E-state index in [9.17, 15) is 0 Å². The van der Waals surface area contributed by atoms with Gasteiger partial charge in [0.25, 0.3) is 0 Å². The van der Waals surface area contributed by atoms with Crippen molar-refractivity contribution >= 4 is 0 Å². The van der Waals surface area contributed by atoms with Crippen LogP contribution in [0.5, 0.6) is 0 Å². The largest absolute Gasteiger partial charge is 0.379 e. The maximum absolute atomic E-state index is 5.52. The molecular weight excluding hydrogens is 264 g/mol. The topological polar surface area (TPSA) is 31.0 Å². The van der Waals surface area contributed by atoms with Crippen LogP contribution in [0.15, 0.2) is 0 Å². The molecule has 4 aliphatic heterocycles. The normalized spacial score (nSPS) is 40.3. The van der Waals surface area contributed by atoms with Gasteiger partial charge in [-0.15, -0.1) is 0 Å². The van der Waals surface area contributed by atoms with Crippen LogP contribution in [0, 0.1) is 0 Å². The molecule has 0 radical (unpaired) electrons. The summed E-state index contributed by atoms with van der Waals surface area (Å²) in [5, 5.41) is 3.78. The summed E-state index contributed by atoms with van der Waals surface area (Å²) in [5.41, 5.74) is 0. The molecule has 4 heterocycles. The van der Waals surface area contributed by atoms with Crippen molar-refractivity contribution in [3.05, 3.63) is 0 Å². The average molecular weight is 294 g/mol. The highest BCUT2D eigenvalue weighted by Gasteiger charge is 2.40. The maximum Gasteiger partial charge on any atom is 0.0758 e. The van der Waals surface area contributed by atoms with Gasteiger partial charge in [-0.2, -0.15) is 0 Å². The van der Waals surface area contributed by atoms with Gasteiger partial charge in [0.2, 0.25) is 0 Å². The highest BCUT2D eigenvalue weighted by molar-refractivity contribution is 4.96. The smallest absolute Gasteiger partial charge is 0.0758 e. The molecule has 4 aliphatic rings. The first-order valence-electron chi connectivity index (χ1n) is 8.95. The standard InChI is InChI=1S/C16H30N4O/c1-2-7-18(6-1)14-4-8-20(13-14)16-15(3-5-17-16)19-9-11-21-12-10-19/h14-17H,1-13H2/t14-,15+,16+/m1/s1. The fourth-order valence-electron chi connectivity index (χ4n) is 4.76. The molecule has 0 aromatic rings. The van der Waals surface area contributed by atoms with Gasteiger partial charge in [-0.05, 0) is 45.3 Å². The van der Waals surface area contributed by atoms with E-state index in [0.717, 1.165) is 32.3 Å². The van der Waals surface area contributed by atoms with E-state index < -0.39 is 0 Å². The summed E-state index contributed by atoms with van der Waals surface area (Å²) in [5.74, 6) is 0. The third-order valence-electron chi connectivity index (χ3n) is 5.92. The van der Waals surface area contributed by atoms with Gasteiger partial charge in [0.05, 0.1) is 19.4 Å². The fourth-order valence-corrected chi connectivity index (χ4v) is 4.76. The molecule has 0 aromatic carbocycles. The minimum atomic E-state index is 0.579. The van der Waals surface area contributed by atoms with E-state index in [1.807, 2.05) is 0 Å². The second-order valence-corrected chi connectivity index (χ2v) is 7.08. The van der Waals surface area contributed by atoms with Crippen LogP contribution in [0.3, 0.4) is 0 Å². The Labute approximate surface area is 128 Å². The highest BCUT2D eigenvalue weighted by Crippen LogP contribution is 2.26. The van der Waals surface area contributed by atoms with Gasteiger partial charge >= 0.3 is 0 Å². The summed E-state index contributed by atoms with van der Waals surface area (Å²) in [6.45, 7) is 10.5. The van der Waals surface area contributed by atoms with Gasteiger partial charge in [-0.1, -0.05) is 0 Å². The first-order chi connectivity index (χ1) is 10.4. The number of morpholine rings is 1. The first-order valence-corrected chi connectivity index (χ1v) is 8.95. The van der Waals surface area contributed by atoms with Gasteiger partial charge in [0.1, 0.15) is 0 Å². The van der Waals surface area contributed by atoms with Gasteiger partial charge < -0.3 is 10.1 Å². The van der Waals surface area contributed by atoms with E-state index in [1.54, 1.807) is 0 Å². The van der Waals surface area contributed by atoms with Gasteiger partial charge in [0.15, 0.2) is 0 Å². The maximum atomic E-state index is 5.52. The molecule has 0 bridgehead atoms. The van der Waals surface area contributed by atoms with Crippen molar-refractivity contribution in [2.24, 2.45) is 0 Å². The predicted molar refractivity (Wildman–Crippen MR) is 83.4 cm³/mol. The predicted octanol–water partition coefficient (Wildman–Crippen LogP) is 0.177. The lowest BCUT2D eigenvalue weighted by Gasteiger charge is -2.38. The number of nitrogens with zero attached hydrogens (tertiary/aromatic N) is 3. The number of ether oxygens (including phenoxy) is 1. The van der Waals surface area contributed by atoms with Crippen molar-refractivity contribution in [3.8, 4) is 0 Å². The Morgan fingerprint density at radius 2 is 1.62 bits per heavy atom. The molecule has 5 nitrogen and oxygen atoms in total. The Morgan fingerprint density at radius 3 is 2.43 bits per heavy atom. The van der Waals surface area contributed by atoms with Crippen LogP contribution in [-0.2, 0) is 4.74 Å². The summed E-state index contributed by atoms with van der Waals surface area (Å²) in [6, 6.07) is 1.52. The van der Waals surface area contributed by atoms with E-state index >= 15 is 0 Å². The molecule has 4 fully saturated rings. The van der Waals surface area contributed by atoms with Crippen LogP contribution >= 0.6 is 0 Å². The van der Waals surface area contributed by atoms with Crippen molar-refractivity contribution in [1.29, 1.82) is 0 Å². The van der Waals surface area contributed by atoms with Crippen molar-refractivity contribution in [3.63, 3.8) is 0 Å². The SMILES string of the molecule is C1CCN([C@@H]2CCN([C@@H]3NCC[C@@H]3N3CCOCC3)C2)C1. The molecule has 0 saturated carbocycles. The monoisotopic (exact) mass is 294 g/mol. The lowest BCUT2D eigenvalue weighted by Crippen LogP contribution is -2.55. The third kappa shape index (κ3) is 2.99. The molecule has 5 heteroatoms. The zero-order valence-electron chi connectivity index (χ0n) is 13.2. The molecule has 0 amide bonds. The highest BCUT2D eigenvalue weighted by atomic mass is 16.5.